The molecule has 404 valence electrons. The van der Waals surface area contributed by atoms with Gasteiger partial charge in [-0.3, -0.25) is 0 Å². The number of rotatable bonds is 0. The van der Waals surface area contributed by atoms with Gasteiger partial charge in [-0.05, 0) is 194 Å². The Labute approximate surface area is 474 Å². The largest absolute Gasteiger partial charge is 0.242 e. The number of fused-ring (bicyclic) bond motifs is 13. The van der Waals surface area contributed by atoms with Crippen LogP contribution in [0.2, 0.25) is 0 Å². The summed E-state index contributed by atoms with van der Waals surface area (Å²) in [5, 5.41) is 7.92. The summed E-state index contributed by atoms with van der Waals surface area (Å²) in [5.41, 5.74) is 21.8. The maximum Gasteiger partial charge on any atom is 0.120 e. The Hall–Kier alpha value is -9.00. The molecule has 0 spiro atoms. The normalized spacial score (nSPS) is 10.5. The van der Waals surface area contributed by atoms with Crippen LogP contribution in [0, 0.1) is 69.2 Å². The van der Waals surface area contributed by atoms with Gasteiger partial charge in [0.05, 0.1) is 33.1 Å². The summed E-state index contributed by atoms with van der Waals surface area (Å²) in [7, 11) is 0. The zero-order valence-electron chi connectivity index (χ0n) is 45.2. The highest BCUT2D eigenvalue weighted by Crippen LogP contribution is 2.34. The average molecular weight is 1050 g/mol. The number of aryl methyl sites for hydroxylation is 10. The van der Waals surface area contributed by atoms with Crippen molar-refractivity contribution in [2.75, 3.05) is 0 Å². The fraction of sp³-hybridized carbons (Fsp3) is 0.189. The molecular weight excluding hydrogens is 973 g/mol. The molecule has 3 heterocycles. The molecule has 14 aromatic rings. The van der Waals surface area contributed by atoms with E-state index in [1.54, 1.807) is 0 Å². The summed E-state index contributed by atoms with van der Waals surface area (Å²) in [6.45, 7) is 21.1. The van der Waals surface area contributed by atoms with Gasteiger partial charge in [-0.25, -0.2) is 29.9 Å². The van der Waals surface area contributed by atoms with Crippen LogP contribution in [-0.2, 0) is 0 Å². The van der Waals surface area contributed by atoms with E-state index in [9.17, 15) is 0 Å². The van der Waals surface area contributed by atoms with Crippen molar-refractivity contribution >= 4 is 98.5 Å². The fourth-order valence-electron chi connectivity index (χ4n) is 9.34. The molecule has 11 aromatic carbocycles. The third kappa shape index (κ3) is 12.8. The summed E-state index contributed by atoms with van der Waals surface area (Å²) in [5.74, 6) is 0. The second kappa shape index (κ2) is 26.1. The minimum atomic E-state index is 0. The first kappa shape index (κ1) is 60.2. The zero-order valence-corrected chi connectivity index (χ0v) is 45.2. The summed E-state index contributed by atoms with van der Waals surface area (Å²) >= 11 is 0. The molecule has 0 radical (unpaired) electrons. The smallest absolute Gasteiger partial charge is 0.120 e. The molecule has 80 heavy (non-hydrogen) atoms. The van der Waals surface area contributed by atoms with Crippen LogP contribution < -0.4 is 0 Å². The number of hydrogen-bond acceptors (Lipinski definition) is 6. The third-order valence-corrected chi connectivity index (χ3v) is 14.7. The van der Waals surface area contributed by atoms with Gasteiger partial charge >= 0.3 is 0 Å². The van der Waals surface area contributed by atoms with E-state index in [2.05, 4.69) is 263 Å². The lowest BCUT2D eigenvalue weighted by molar-refractivity contribution is 1.29. The monoisotopic (exact) mass is 1050 g/mol. The van der Waals surface area contributed by atoms with Crippen LogP contribution >= 0.6 is 0 Å². The molecule has 3 aromatic heterocycles. The van der Waals surface area contributed by atoms with E-state index in [1.165, 1.54) is 88.0 Å². The Morgan fingerprint density at radius 2 is 0.362 bits per heavy atom. The standard InChI is InChI=1S/C30H24N6.C14H10.C10H8.2C8H10.4CH4/c1-13-7-19-20(8-14(13)2)32-26-25(31-19)27-29(35-22-10-16(4)15(3)9-21(22)33-27)30-28(26)34-23-11-17(5)18(6)12-24(23)36-30;1-3-7-13-11(5-1)9-10-12-6-2-4-8-14(12)13;1-2-6-10-8-4-3-7-9(10)5-1;2*1-7-5-3-4-6-8(7)2;;;;/h7-12H,1-6H3;1-10H;1-8H;2*3-6H,1-2H3;4*1H4. The maximum absolute atomic E-state index is 5.08. The molecule has 0 aliphatic rings. The quantitative estimate of drug-likeness (QED) is 0.111. The molecule has 0 saturated heterocycles. The Morgan fingerprint density at radius 1 is 0.188 bits per heavy atom. The predicted octanol–water partition coefficient (Wildman–Crippen LogP) is 20.8. The lowest BCUT2D eigenvalue weighted by atomic mass is 10.0. The average Bonchev–Trinajstić information content (AvgIpc) is 3.52. The first-order valence-corrected chi connectivity index (χ1v) is 26.0. The van der Waals surface area contributed by atoms with Crippen molar-refractivity contribution in [3.63, 3.8) is 0 Å². The van der Waals surface area contributed by atoms with Crippen LogP contribution in [0.1, 0.15) is 85.3 Å². The van der Waals surface area contributed by atoms with E-state index in [0.717, 1.165) is 33.1 Å². The highest BCUT2D eigenvalue weighted by atomic mass is 14.9. The van der Waals surface area contributed by atoms with Gasteiger partial charge in [0.1, 0.15) is 33.1 Å². The van der Waals surface area contributed by atoms with E-state index < -0.39 is 0 Å². The lowest BCUT2D eigenvalue weighted by Gasteiger charge is -2.12. The molecule has 0 atom stereocenters. The fourth-order valence-corrected chi connectivity index (χ4v) is 9.34. The third-order valence-electron chi connectivity index (χ3n) is 14.7. The number of benzene rings is 11. The summed E-state index contributed by atoms with van der Waals surface area (Å²) in [4.78, 5) is 30.5. The van der Waals surface area contributed by atoms with Crippen molar-refractivity contribution < 1.29 is 0 Å². The molecule has 0 aliphatic heterocycles. The van der Waals surface area contributed by atoms with Gasteiger partial charge in [0, 0.05) is 0 Å². The second-order valence-electron chi connectivity index (χ2n) is 20.1. The minimum Gasteiger partial charge on any atom is -0.242 e. The van der Waals surface area contributed by atoms with Gasteiger partial charge in [0.2, 0.25) is 0 Å². The molecule has 0 unspecified atom stereocenters. The van der Waals surface area contributed by atoms with Crippen LogP contribution in [0.25, 0.3) is 98.5 Å². The SMILES string of the molecule is C.C.C.C.Cc1cc2nc3c4nc5cc(C)c(C)cc5nc4c4nc5cc(C)c(C)cc5nc4c3nc2cc1C.Cc1ccccc1C.Cc1ccccc1C.c1ccc2c(c1)ccc1ccccc12.c1ccc2ccccc2c1. The van der Waals surface area contributed by atoms with Gasteiger partial charge in [0.15, 0.2) is 0 Å². The molecule has 14 rings (SSSR count). The number of aromatic nitrogens is 6. The van der Waals surface area contributed by atoms with Crippen molar-refractivity contribution in [3.8, 4) is 0 Å². The summed E-state index contributed by atoms with van der Waals surface area (Å²) < 4.78 is 0. The van der Waals surface area contributed by atoms with E-state index in [-0.39, 0.29) is 29.7 Å². The highest BCUT2D eigenvalue weighted by Gasteiger charge is 2.20. The molecule has 0 N–H and O–H groups in total. The molecule has 0 amide bonds. The first-order valence-electron chi connectivity index (χ1n) is 26.0. The zero-order chi connectivity index (χ0) is 53.0. The van der Waals surface area contributed by atoms with Crippen LogP contribution in [0.4, 0.5) is 0 Å². The summed E-state index contributed by atoms with van der Waals surface area (Å²) in [6, 6.07) is 67.3. The van der Waals surface area contributed by atoms with Crippen LogP contribution in [0.15, 0.2) is 194 Å². The molecular formula is C74H78N6. The predicted molar refractivity (Wildman–Crippen MR) is 351 cm³/mol. The second-order valence-corrected chi connectivity index (χ2v) is 20.1. The van der Waals surface area contributed by atoms with E-state index in [0.29, 0.717) is 33.1 Å². The highest BCUT2D eigenvalue weighted by molar-refractivity contribution is 6.21. The molecule has 0 bridgehead atoms. The van der Waals surface area contributed by atoms with Gasteiger partial charge in [-0.2, -0.15) is 0 Å². The van der Waals surface area contributed by atoms with E-state index in [1.807, 2.05) is 0 Å². The first-order chi connectivity index (χ1) is 36.8. The van der Waals surface area contributed by atoms with Crippen molar-refractivity contribution in [1.29, 1.82) is 0 Å². The Kier molecular flexibility index (Phi) is 19.7. The Morgan fingerprint density at radius 3 is 0.562 bits per heavy atom. The van der Waals surface area contributed by atoms with Gasteiger partial charge in [-0.1, -0.05) is 187 Å². The van der Waals surface area contributed by atoms with E-state index in [4.69, 9.17) is 29.9 Å². The molecule has 6 heteroatoms. The van der Waals surface area contributed by atoms with E-state index >= 15 is 0 Å². The Balaban J connectivity index is 0.000000191. The lowest BCUT2D eigenvalue weighted by Crippen LogP contribution is -2.00. The molecule has 0 saturated carbocycles. The van der Waals surface area contributed by atoms with Crippen molar-refractivity contribution in [2.24, 2.45) is 0 Å². The minimum absolute atomic E-state index is 0. The molecule has 0 aliphatic carbocycles. The van der Waals surface area contributed by atoms with Gasteiger partial charge in [0.25, 0.3) is 0 Å². The number of nitrogens with zero attached hydrogens (tertiary/aromatic N) is 6. The molecule has 6 nitrogen and oxygen atoms in total. The van der Waals surface area contributed by atoms with Crippen LogP contribution in [0.5, 0.6) is 0 Å². The summed E-state index contributed by atoms with van der Waals surface area (Å²) in [6.07, 6.45) is 0. The van der Waals surface area contributed by atoms with Crippen molar-refractivity contribution in [1.82, 2.24) is 29.9 Å². The van der Waals surface area contributed by atoms with Crippen molar-refractivity contribution in [3.05, 3.63) is 250 Å². The van der Waals surface area contributed by atoms with Crippen LogP contribution in [0.3, 0.4) is 0 Å². The molecule has 0 fully saturated rings. The van der Waals surface area contributed by atoms with Gasteiger partial charge < -0.3 is 0 Å². The van der Waals surface area contributed by atoms with Crippen molar-refractivity contribution in [2.45, 2.75) is 98.9 Å². The maximum atomic E-state index is 5.08. The topological polar surface area (TPSA) is 77.3 Å². The van der Waals surface area contributed by atoms with Crippen LogP contribution in [-0.4, -0.2) is 29.9 Å². The van der Waals surface area contributed by atoms with Gasteiger partial charge in [-0.15, -0.1) is 0 Å². The Bertz CT molecular complexity index is 3860. The number of hydrogen-bond donors (Lipinski definition) is 0.